The smallest absolute Gasteiger partial charge is 0.328 e. The van der Waals surface area contributed by atoms with E-state index in [9.17, 15) is 14.4 Å². The molecule has 0 aliphatic carbocycles. The van der Waals surface area contributed by atoms with Crippen molar-refractivity contribution in [2.24, 2.45) is 0 Å². The van der Waals surface area contributed by atoms with Gasteiger partial charge in [-0.1, -0.05) is 0 Å². The Hall–Kier alpha value is -1.99. The quantitative estimate of drug-likeness (QED) is 0.649. The largest absolute Gasteiger partial charge is 0.478 e. The molecule has 0 atom stereocenters. The van der Waals surface area contributed by atoms with Crippen molar-refractivity contribution < 1.29 is 24.2 Å². The fourth-order valence-corrected chi connectivity index (χ4v) is 2.48. The zero-order valence-electron chi connectivity index (χ0n) is 9.87. The van der Waals surface area contributed by atoms with Gasteiger partial charge in [-0.15, -0.1) is 11.3 Å². The lowest BCUT2D eigenvalue weighted by Gasteiger charge is -2.24. The van der Waals surface area contributed by atoms with Gasteiger partial charge in [-0.05, 0) is 23.1 Å². The Labute approximate surface area is 112 Å². The van der Waals surface area contributed by atoms with Crippen molar-refractivity contribution in [2.75, 3.05) is 13.2 Å². The van der Waals surface area contributed by atoms with E-state index in [2.05, 4.69) is 0 Å². The number of thiophene rings is 1. The molecule has 6 nitrogen and oxygen atoms in total. The molecule has 7 heteroatoms. The van der Waals surface area contributed by atoms with Crippen molar-refractivity contribution in [3.63, 3.8) is 0 Å². The average Bonchev–Trinajstić information content (AvgIpc) is 2.79. The molecular formula is C12H11NO5S. The first-order valence-corrected chi connectivity index (χ1v) is 6.34. The van der Waals surface area contributed by atoms with Gasteiger partial charge in [0.15, 0.2) is 0 Å². The minimum atomic E-state index is -1.05. The van der Waals surface area contributed by atoms with Crippen LogP contribution in [0.25, 0.3) is 6.08 Å². The van der Waals surface area contributed by atoms with Crippen molar-refractivity contribution in [2.45, 2.75) is 6.54 Å². The monoisotopic (exact) mass is 281 g/mol. The minimum absolute atomic E-state index is 0.0998. The standard InChI is InChI=1S/C12H11NO5S/c14-10-6-18-7-11(15)13(10)5-9-8(3-4-19-9)1-2-12(16)17/h1-4H,5-7H2,(H,16,17). The van der Waals surface area contributed by atoms with E-state index in [0.29, 0.717) is 5.56 Å². The van der Waals surface area contributed by atoms with Gasteiger partial charge in [-0.3, -0.25) is 14.5 Å². The van der Waals surface area contributed by atoms with Gasteiger partial charge in [0.05, 0.1) is 6.54 Å². The van der Waals surface area contributed by atoms with Crippen LogP contribution in [0.1, 0.15) is 10.4 Å². The molecule has 2 rings (SSSR count). The second-order valence-electron chi connectivity index (χ2n) is 3.84. The lowest BCUT2D eigenvalue weighted by atomic mass is 10.2. The fraction of sp³-hybridized carbons (Fsp3) is 0.250. The second-order valence-corrected chi connectivity index (χ2v) is 4.84. The molecule has 0 radical (unpaired) electrons. The average molecular weight is 281 g/mol. The molecule has 2 amide bonds. The molecule has 1 saturated heterocycles. The van der Waals surface area contributed by atoms with Gasteiger partial charge >= 0.3 is 5.97 Å². The van der Waals surface area contributed by atoms with Crippen LogP contribution in [0.15, 0.2) is 17.5 Å². The lowest BCUT2D eigenvalue weighted by molar-refractivity contribution is -0.159. The molecule has 0 unspecified atom stereocenters. The number of carbonyl (C=O) groups excluding carboxylic acids is 2. The van der Waals surface area contributed by atoms with Crippen LogP contribution in [0.2, 0.25) is 0 Å². The first kappa shape index (κ1) is 13.4. The van der Waals surface area contributed by atoms with Crippen molar-refractivity contribution in [3.8, 4) is 0 Å². The molecular weight excluding hydrogens is 270 g/mol. The third kappa shape index (κ3) is 3.27. The Morgan fingerprint density at radius 2 is 2.11 bits per heavy atom. The summed E-state index contributed by atoms with van der Waals surface area (Å²) in [7, 11) is 0. The molecule has 1 aromatic heterocycles. The van der Waals surface area contributed by atoms with Crippen LogP contribution >= 0.6 is 11.3 Å². The van der Waals surface area contributed by atoms with Crippen LogP contribution < -0.4 is 0 Å². The van der Waals surface area contributed by atoms with Gasteiger partial charge < -0.3 is 9.84 Å². The number of morpholine rings is 1. The number of hydrogen-bond acceptors (Lipinski definition) is 5. The normalized spacial score (nSPS) is 16.3. The highest BCUT2D eigenvalue weighted by molar-refractivity contribution is 7.10. The van der Waals surface area contributed by atoms with Gasteiger partial charge in [-0.2, -0.15) is 0 Å². The molecule has 1 N–H and O–H groups in total. The summed E-state index contributed by atoms with van der Waals surface area (Å²) < 4.78 is 4.82. The van der Waals surface area contributed by atoms with Gasteiger partial charge in [-0.25, -0.2) is 4.79 Å². The summed E-state index contributed by atoms with van der Waals surface area (Å²) in [5.74, 6) is -1.80. The Morgan fingerprint density at radius 3 is 2.74 bits per heavy atom. The predicted molar refractivity (Wildman–Crippen MR) is 67.4 cm³/mol. The minimum Gasteiger partial charge on any atom is -0.478 e. The lowest BCUT2D eigenvalue weighted by Crippen LogP contribution is -2.45. The number of carboxylic acid groups (broad SMARTS) is 1. The first-order chi connectivity index (χ1) is 9.08. The number of rotatable bonds is 4. The highest BCUT2D eigenvalue weighted by Gasteiger charge is 2.27. The van der Waals surface area contributed by atoms with E-state index in [1.807, 2.05) is 0 Å². The van der Waals surface area contributed by atoms with Gasteiger partial charge in [0.1, 0.15) is 13.2 Å². The highest BCUT2D eigenvalue weighted by Crippen LogP contribution is 2.21. The van der Waals surface area contributed by atoms with E-state index < -0.39 is 5.97 Å². The van der Waals surface area contributed by atoms with Crippen LogP contribution in [0.4, 0.5) is 0 Å². The third-order valence-electron chi connectivity index (χ3n) is 2.54. The van der Waals surface area contributed by atoms with E-state index in [0.717, 1.165) is 15.9 Å². The molecule has 0 spiro atoms. The maximum atomic E-state index is 11.6. The molecule has 100 valence electrons. The summed E-state index contributed by atoms with van der Waals surface area (Å²) >= 11 is 1.37. The molecule has 0 saturated carbocycles. The van der Waals surface area contributed by atoms with Crippen LogP contribution in [0, 0.1) is 0 Å². The maximum absolute atomic E-state index is 11.6. The molecule has 2 heterocycles. The molecule has 1 aliphatic heterocycles. The van der Waals surface area contributed by atoms with E-state index in [1.54, 1.807) is 11.4 Å². The van der Waals surface area contributed by atoms with E-state index in [4.69, 9.17) is 9.84 Å². The summed E-state index contributed by atoms with van der Waals surface area (Å²) in [5, 5.41) is 10.4. The van der Waals surface area contributed by atoms with Crippen molar-refractivity contribution in [1.29, 1.82) is 0 Å². The summed E-state index contributed by atoms with van der Waals surface area (Å²) in [5.41, 5.74) is 0.694. The number of hydrogen-bond donors (Lipinski definition) is 1. The Bertz CT molecular complexity index is 532. The summed E-state index contributed by atoms with van der Waals surface area (Å²) in [6, 6.07) is 1.74. The van der Waals surface area contributed by atoms with Crippen LogP contribution in [0.5, 0.6) is 0 Å². The Kier molecular flexibility index (Phi) is 4.08. The van der Waals surface area contributed by atoms with Gasteiger partial charge in [0, 0.05) is 11.0 Å². The van der Waals surface area contributed by atoms with Crippen molar-refractivity contribution in [3.05, 3.63) is 28.0 Å². The number of carbonyl (C=O) groups is 3. The number of ether oxygens (including phenoxy) is 1. The molecule has 0 aromatic carbocycles. The molecule has 1 aromatic rings. The summed E-state index contributed by atoms with van der Waals surface area (Å²) in [4.78, 5) is 35.5. The highest BCUT2D eigenvalue weighted by atomic mass is 32.1. The number of amides is 2. The fourth-order valence-electron chi connectivity index (χ4n) is 1.63. The number of nitrogens with zero attached hydrogens (tertiary/aromatic N) is 1. The number of aliphatic carboxylic acids is 1. The van der Waals surface area contributed by atoms with Crippen LogP contribution in [0.3, 0.4) is 0 Å². The number of imide groups is 1. The third-order valence-corrected chi connectivity index (χ3v) is 3.46. The molecule has 0 bridgehead atoms. The van der Waals surface area contributed by atoms with Gasteiger partial charge in [0.25, 0.3) is 11.8 Å². The zero-order chi connectivity index (χ0) is 13.8. The molecule has 19 heavy (non-hydrogen) atoms. The molecule has 1 fully saturated rings. The SMILES string of the molecule is O=C(O)C=Cc1ccsc1CN1C(=O)COCC1=O. The summed E-state index contributed by atoms with van der Waals surface area (Å²) in [6.07, 6.45) is 2.47. The Morgan fingerprint density at radius 1 is 1.42 bits per heavy atom. The van der Waals surface area contributed by atoms with E-state index >= 15 is 0 Å². The predicted octanol–water partition coefficient (Wildman–Crippen LogP) is 0.731. The van der Waals surface area contributed by atoms with Crippen molar-refractivity contribution in [1.82, 2.24) is 4.90 Å². The zero-order valence-corrected chi connectivity index (χ0v) is 10.7. The van der Waals surface area contributed by atoms with Gasteiger partial charge in [0.2, 0.25) is 0 Å². The van der Waals surface area contributed by atoms with E-state index in [-0.39, 0.29) is 31.6 Å². The summed E-state index contributed by atoms with van der Waals surface area (Å²) in [6.45, 7) is -0.0488. The van der Waals surface area contributed by atoms with Crippen molar-refractivity contribution >= 4 is 35.2 Å². The first-order valence-electron chi connectivity index (χ1n) is 5.46. The van der Waals surface area contributed by atoms with Crippen LogP contribution in [-0.2, 0) is 25.7 Å². The Balaban J connectivity index is 2.15. The number of carboxylic acids is 1. The topological polar surface area (TPSA) is 83.9 Å². The molecule has 1 aliphatic rings. The second kappa shape index (κ2) is 5.77. The van der Waals surface area contributed by atoms with Crippen LogP contribution in [-0.4, -0.2) is 41.0 Å². The van der Waals surface area contributed by atoms with E-state index in [1.165, 1.54) is 17.4 Å². The maximum Gasteiger partial charge on any atom is 0.328 e.